The van der Waals surface area contributed by atoms with Gasteiger partial charge in [-0.05, 0) is 41.5 Å². The van der Waals surface area contributed by atoms with Crippen molar-refractivity contribution in [3.05, 3.63) is 70.3 Å². The van der Waals surface area contributed by atoms with Gasteiger partial charge in [-0.15, -0.1) is 0 Å². The van der Waals surface area contributed by atoms with Gasteiger partial charge in [0.15, 0.2) is 0 Å². The first-order valence-corrected chi connectivity index (χ1v) is 6.90. The molecule has 2 aromatic carbocycles. The van der Waals surface area contributed by atoms with E-state index in [2.05, 4.69) is 5.32 Å². The van der Waals surface area contributed by atoms with E-state index in [9.17, 15) is 9.90 Å². The van der Waals surface area contributed by atoms with Crippen molar-refractivity contribution in [3.8, 4) is 11.8 Å². The average Bonchev–Trinajstić information content (AvgIpc) is 2.52. The third kappa shape index (κ3) is 4.37. The standard InChI is InChI=1S/C17H13ClN2O2/c18-15-3-1-2-13(9-15)11-20-17(22)14(10-19)8-12-4-6-16(21)7-5-12/h1-9,21H,11H2,(H,20,22)/b14-8+. The Morgan fingerprint density at radius 1 is 1.27 bits per heavy atom. The Morgan fingerprint density at radius 2 is 2.00 bits per heavy atom. The summed E-state index contributed by atoms with van der Waals surface area (Å²) in [7, 11) is 0. The number of benzene rings is 2. The first-order chi connectivity index (χ1) is 10.6. The van der Waals surface area contributed by atoms with E-state index in [0.29, 0.717) is 10.6 Å². The van der Waals surface area contributed by atoms with E-state index < -0.39 is 5.91 Å². The molecule has 0 aliphatic rings. The lowest BCUT2D eigenvalue weighted by Crippen LogP contribution is -2.23. The van der Waals surface area contributed by atoms with Crippen molar-refractivity contribution in [1.82, 2.24) is 5.32 Å². The summed E-state index contributed by atoms with van der Waals surface area (Å²) in [5, 5.41) is 21.6. The van der Waals surface area contributed by atoms with Crippen LogP contribution in [0.5, 0.6) is 5.75 Å². The predicted molar refractivity (Wildman–Crippen MR) is 85.0 cm³/mol. The quantitative estimate of drug-likeness (QED) is 0.672. The molecule has 5 heteroatoms. The minimum atomic E-state index is -0.462. The topological polar surface area (TPSA) is 73.1 Å². The first kappa shape index (κ1) is 15.6. The zero-order valence-electron chi connectivity index (χ0n) is 11.6. The lowest BCUT2D eigenvalue weighted by molar-refractivity contribution is -0.117. The molecular formula is C17H13ClN2O2. The summed E-state index contributed by atoms with van der Waals surface area (Å²) < 4.78 is 0. The molecule has 0 spiro atoms. The second-order valence-electron chi connectivity index (χ2n) is 4.57. The lowest BCUT2D eigenvalue weighted by Gasteiger charge is -2.05. The van der Waals surface area contributed by atoms with Gasteiger partial charge in [-0.1, -0.05) is 35.9 Å². The molecule has 110 valence electrons. The van der Waals surface area contributed by atoms with Crippen LogP contribution in [0.3, 0.4) is 0 Å². The Bertz CT molecular complexity index is 746. The van der Waals surface area contributed by atoms with Crippen molar-refractivity contribution in [2.75, 3.05) is 0 Å². The summed E-state index contributed by atoms with van der Waals surface area (Å²) >= 11 is 5.87. The van der Waals surface area contributed by atoms with Gasteiger partial charge in [0.05, 0.1) is 0 Å². The van der Waals surface area contributed by atoms with E-state index in [4.69, 9.17) is 16.9 Å². The third-order valence-corrected chi connectivity index (χ3v) is 3.15. The second kappa shape index (κ2) is 7.30. The number of carbonyl (C=O) groups is 1. The average molecular weight is 313 g/mol. The lowest BCUT2D eigenvalue weighted by atomic mass is 10.1. The molecule has 2 rings (SSSR count). The number of rotatable bonds is 4. The molecule has 0 radical (unpaired) electrons. The molecule has 0 saturated carbocycles. The molecular weight excluding hydrogens is 300 g/mol. The molecule has 0 bridgehead atoms. The monoisotopic (exact) mass is 312 g/mol. The van der Waals surface area contributed by atoms with Gasteiger partial charge in [-0.25, -0.2) is 0 Å². The third-order valence-electron chi connectivity index (χ3n) is 2.91. The van der Waals surface area contributed by atoms with Crippen molar-refractivity contribution in [2.45, 2.75) is 6.54 Å². The van der Waals surface area contributed by atoms with Crippen molar-refractivity contribution in [1.29, 1.82) is 5.26 Å². The van der Waals surface area contributed by atoms with Gasteiger partial charge >= 0.3 is 0 Å². The van der Waals surface area contributed by atoms with E-state index in [1.807, 2.05) is 12.1 Å². The van der Waals surface area contributed by atoms with Crippen LogP contribution in [0.2, 0.25) is 5.02 Å². The molecule has 0 aromatic heterocycles. The SMILES string of the molecule is N#C/C(=C\c1ccc(O)cc1)C(=O)NCc1cccc(Cl)c1. The van der Waals surface area contributed by atoms with Crippen LogP contribution in [-0.2, 0) is 11.3 Å². The van der Waals surface area contributed by atoms with Crippen LogP contribution in [0.1, 0.15) is 11.1 Å². The number of phenols is 1. The van der Waals surface area contributed by atoms with Crippen LogP contribution in [0.15, 0.2) is 54.1 Å². The van der Waals surface area contributed by atoms with Gasteiger partial charge in [0, 0.05) is 11.6 Å². The number of aromatic hydroxyl groups is 1. The molecule has 4 nitrogen and oxygen atoms in total. The Morgan fingerprint density at radius 3 is 2.64 bits per heavy atom. The van der Waals surface area contributed by atoms with Crippen LogP contribution < -0.4 is 5.32 Å². The van der Waals surface area contributed by atoms with Crippen molar-refractivity contribution in [3.63, 3.8) is 0 Å². The number of nitrogens with zero attached hydrogens (tertiary/aromatic N) is 1. The second-order valence-corrected chi connectivity index (χ2v) is 5.01. The number of hydrogen-bond donors (Lipinski definition) is 2. The molecule has 0 aliphatic heterocycles. The van der Waals surface area contributed by atoms with E-state index in [1.54, 1.807) is 30.3 Å². The summed E-state index contributed by atoms with van der Waals surface area (Å²) in [6.45, 7) is 0.286. The molecule has 22 heavy (non-hydrogen) atoms. The fourth-order valence-corrected chi connectivity index (χ4v) is 2.02. The highest BCUT2D eigenvalue weighted by molar-refractivity contribution is 6.30. The normalized spacial score (nSPS) is 10.8. The fourth-order valence-electron chi connectivity index (χ4n) is 1.81. The highest BCUT2D eigenvalue weighted by atomic mass is 35.5. The van der Waals surface area contributed by atoms with Gasteiger partial charge in [-0.3, -0.25) is 4.79 Å². The zero-order valence-corrected chi connectivity index (χ0v) is 12.3. The van der Waals surface area contributed by atoms with Crippen LogP contribution in [0.25, 0.3) is 6.08 Å². The Hall–Kier alpha value is -2.77. The maximum absolute atomic E-state index is 12.0. The zero-order chi connectivity index (χ0) is 15.9. The van der Waals surface area contributed by atoms with Gasteiger partial charge < -0.3 is 10.4 Å². The molecule has 0 heterocycles. The number of halogens is 1. The van der Waals surface area contributed by atoms with E-state index in [-0.39, 0.29) is 17.9 Å². The highest BCUT2D eigenvalue weighted by Crippen LogP contribution is 2.13. The maximum atomic E-state index is 12.0. The van der Waals surface area contributed by atoms with Crippen molar-refractivity contribution < 1.29 is 9.90 Å². The smallest absolute Gasteiger partial charge is 0.262 e. The predicted octanol–water partition coefficient (Wildman–Crippen LogP) is 3.27. The Balaban J connectivity index is 2.06. The van der Waals surface area contributed by atoms with E-state index in [1.165, 1.54) is 18.2 Å². The maximum Gasteiger partial charge on any atom is 0.262 e. The number of amides is 1. The van der Waals surface area contributed by atoms with Gasteiger partial charge in [0.25, 0.3) is 5.91 Å². The molecule has 0 atom stereocenters. The number of hydrogen-bond acceptors (Lipinski definition) is 3. The fraction of sp³-hybridized carbons (Fsp3) is 0.0588. The first-order valence-electron chi connectivity index (χ1n) is 6.52. The molecule has 2 N–H and O–H groups in total. The summed E-state index contributed by atoms with van der Waals surface area (Å²) in [4.78, 5) is 12.0. The molecule has 0 unspecified atom stereocenters. The number of nitriles is 1. The van der Waals surface area contributed by atoms with Crippen LogP contribution in [0, 0.1) is 11.3 Å². The molecule has 1 amide bonds. The molecule has 0 fully saturated rings. The van der Waals surface area contributed by atoms with Gasteiger partial charge in [-0.2, -0.15) is 5.26 Å². The van der Waals surface area contributed by atoms with E-state index in [0.717, 1.165) is 5.56 Å². The summed E-state index contributed by atoms with van der Waals surface area (Å²) in [6, 6.07) is 15.2. The molecule has 0 aliphatic carbocycles. The summed E-state index contributed by atoms with van der Waals surface area (Å²) in [6.07, 6.45) is 1.47. The minimum absolute atomic E-state index is 0.00674. The minimum Gasteiger partial charge on any atom is -0.508 e. The van der Waals surface area contributed by atoms with E-state index >= 15 is 0 Å². The van der Waals surface area contributed by atoms with Crippen molar-refractivity contribution >= 4 is 23.6 Å². The van der Waals surface area contributed by atoms with Crippen LogP contribution >= 0.6 is 11.6 Å². The summed E-state index contributed by atoms with van der Waals surface area (Å²) in [5.74, 6) is -0.336. The Labute approximate surface area is 133 Å². The Kier molecular flexibility index (Phi) is 5.18. The molecule has 0 saturated heterocycles. The largest absolute Gasteiger partial charge is 0.508 e. The molecule has 2 aromatic rings. The van der Waals surface area contributed by atoms with Gasteiger partial charge in [0.1, 0.15) is 17.4 Å². The number of phenolic OH excluding ortho intramolecular Hbond substituents is 1. The van der Waals surface area contributed by atoms with Crippen molar-refractivity contribution in [2.24, 2.45) is 0 Å². The highest BCUT2D eigenvalue weighted by Gasteiger charge is 2.08. The summed E-state index contributed by atoms with van der Waals surface area (Å²) in [5.41, 5.74) is 1.50. The number of nitrogens with one attached hydrogen (secondary N) is 1. The van der Waals surface area contributed by atoms with Crippen LogP contribution in [-0.4, -0.2) is 11.0 Å². The van der Waals surface area contributed by atoms with Crippen LogP contribution in [0.4, 0.5) is 0 Å². The van der Waals surface area contributed by atoms with Gasteiger partial charge in [0.2, 0.25) is 0 Å². The number of carbonyl (C=O) groups excluding carboxylic acids is 1.